The molecule has 10 heteroatoms. The number of hydrogen-bond donors (Lipinski definition) is 1. The van der Waals surface area contributed by atoms with Crippen molar-refractivity contribution in [3.05, 3.63) is 70.3 Å². The first-order chi connectivity index (χ1) is 14.9. The van der Waals surface area contributed by atoms with Gasteiger partial charge in [-0.2, -0.15) is 9.57 Å². The predicted octanol–water partition coefficient (Wildman–Crippen LogP) is 1.43. The number of benzene rings is 2. The number of nitriles is 1. The molecule has 1 atom stereocenters. The summed E-state index contributed by atoms with van der Waals surface area (Å²) in [5, 5.41) is 9.94. The molecule has 0 bridgehead atoms. The topological polar surface area (TPSA) is 133 Å². The molecule has 0 saturated carbocycles. The van der Waals surface area contributed by atoms with E-state index in [1.54, 1.807) is 24.3 Å². The fourth-order valence-corrected chi connectivity index (χ4v) is 4.79. The van der Waals surface area contributed by atoms with Crippen LogP contribution in [0.25, 0.3) is 10.9 Å². The highest BCUT2D eigenvalue weighted by Crippen LogP contribution is 2.22. The van der Waals surface area contributed by atoms with Crippen molar-refractivity contribution < 1.29 is 17.9 Å². The minimum absolute atomic E-state index is 0.0525. The molecule has 1 fully saturated rings. The summed E-state index contributed by atoms with van der Waals surface area (Å²) in [7, 11) is -3.70. The van der Waals surface area contributed by atoms with Crippen LogP contribution in [0.2, 0.25) is 0 Å². The van der Waals surface area contributed by atoms with E-state index in [1.807, 2.05) is 6.07 Å². The van der Waals surface area contributed by atoms with E-state index in [4.69, 9.17) is 4.74 Å². The molecule has 1 N–H and O–H groups in total. The van der Waals surface area contributed by atoms with Gasteiger partial charge in [0.05, 0.1) is 35.1 Å². The van der Waals surface area contributed by atoms with Gasteiger partial charge in [-0.15, -0.1) is 0 Å². The molecule has 3 aromatic rings. The van der Waals surface area contributed by atoms with E-state index in [0.29, 0.717) is 24.1 Å². The second kappa shape index (κ2) is 8.39. The average Bonchev–Trinajstić information content (AvgIpc) is 2.80. The van der Waals surface area contributed by atoms with E-state index < -0.39 is 27.3 Å². The van der Waals surface area contributed by atoms with E-state index in [2.05, 4.69) is 9.97 Å². The number of fused-ring (bicyclic) bond motifs is 1. The number of carbonyl (C=O) groups excluding carboxylic acids is 1. The number of nitrogens with one attached hydrogen (secondary N) is 1. The van der Waals surface area contributed by atoms with Crippen LogP contribution in [0.5, 0.6) is 0 Å². The van der Waals surface area contributed by atoms with Gasteiger partial charge in [-0.1, -0.05) is 24.3 Å². The number of hydrogen-bond acceptors (Lipinski definition) is 7. The van der Waals surface area contributed by atoms with Gasteiger partial charge in [0, 0.05) is 18.7 Å². The van der Waals surface area contributed by atoms with Crippen LogP contribution in [-0.4, -0.2) is 54.8 Å². The van der Waals surface area contributed by atoms with Crippen molar-refractivity contribution in [3.8, 4) is 6.07 Å². The fourth-order valence-electron chi connectivity index (χ4n) is 3.38. The third-order valence-electron chi connectivity index (χ3n) is 5.04. The number of H-pyrrole nitrogens is 1. The van der Waals surface area contributed by atoms with Crippen LogP contribution in [0.15, 0.2) is 58.2 Å². The van der Waals surface area contributed by atoms with E-state index >= 15 is 0 Å². The average molecular weight is 438 g/mol. The lowest BCUT2D eigenvalue weighted by atomic mass is 9.98. The second-order valence-electron chi connectivity index (χ2n) is 6.94. The Labute approximate surface area is 178 Å². The van der Waals surface area contributed by atoms with Gasteiger partial charge in [0.25, 0.3) is 5.56 Å². The number of rotatable bonds is 5. The van der Waals surface area contributed by atoms with Crippen molar-refractivity contribution in [2.45, 2.75) is 10.8 Å². The summed E-state index contributed by atoms with van der Waals surface area (Å²) < 4.78 is 32.0. The SMILES string of the molecule is N#C[C@@H](C(=O)c1ccc(S(=O)(=O)N2CCOCC2)cc1)c1nc2ccccc2c(=O)[nH]1. The number of Topliss-reactive ketones (excluding diaryl/α,β-unsaturated/α-hetero) is 1. The summed E-state index contributed by atoms with van der Waals surface area (Å²) in [5.74, 6) is -1.98. The van der Waals surface area contributed by atoms with Crippen LogP contribution >= 0.6 is 0 Å². The summed E-state index contributed by atoms with van der Waals surface area (Å²) in [6.07, 6.45) is 0. The van der Waals surface area contributed by atoms with E-state index in [1.165, 1.54) is 28.6 Å². The molecule has 0 amide bonds. The lowest BCUT2D eigenvalue weighted by Crippen LogP contribution is -2.40. The monoisotopic (exact) mass is 438 g/mol. The lowest BCUT2D eigenvalue weighted by molar-refractivity contribution is 0.0730. The maximum atomic E-state index is 12.9. The van der Waals surface area contributed by atoms with Gasteiger partial charge < -0.3 is 9.72 Å². The Morgan fingerprint density at radius 1 is 1.13 bits per heavy atom. The highest BCUT2D eigenvalue weighted by atomic mass is 32.2. The number of para-hydroxylation sites is 1. The normalized spacial score (nSPS) is 16.0. The van der Waals surface area contributed by atoms with Crippen molar-refractivity contribution in [2.75, 3.05) is 26.3 Å². The Morgan fingerprint density at radius 3 is 2.48 bits per heavy atom. The molecule has 158 valence electrons. The number of sulfonamides is 1. The highest BCUT2D eigenvalue weighted by molar-refractivity contribution is 7.89. The number of aromatic amines is 1. The zero-order chi connectivity index (χ0) is 22.0. The molecule has 0 aliphatic carbocycles. The van der Waals surface area contributed by atoms with Crippen molar-refractivity contribution in [2.24, 2.45) is 0 Å². The number of nitrogens with zero attached hydrogens (tertiary/aromatic N) is 3. The number of carbonyl (C=O) groups is 1. The molecule has 9 nitrogen and oxygen atoms in total. The third kappa shape index (κ3) is 3.98. The van der Waals surface area contributed by atoms with E-state index in [-0.39, 0.29) is 29.4 Å². The first kappa shape index (κ1) is 20.9. The smallest absolute Gasteiger partial charge is 0.258 e. The number of aromatic nitrogens is 2. The van der Waals surface area contributed by atoms with Crippen molar-refractivity contribution in [1.29, 1.82) is 5.26 Å². The van der Waals surface area contributed by atoms with Crippen molar-refractivity contribution in [3.63, 3.8) is 0 Å². The Kier molecular flexibility index (Phi) is 5.65. The predicted molar refractivity (Wildman–Crippen MR) is 111 cm³/mol. The quantitative estimate of drug-likeness (QED) is 0.596. The molecule has 2 heterocycles. The maximum Gasteiger partial charge on any atom is 0.258 e. The molecule has 0 radical (unpaired) electrons. The standard InChI is InChI=1S/C21H18N4O5S/c22-13-17(20-23-18-4-2-1-3-16(18)21(27)24-20)19(26)14-5-7-15(8-6-14)31(28,29)25-9-11-30-12-10-25/h1-8,17H,9-12H2,(H,23,24,27)/t17-/m0/s1. The van der Waals surface area contributed by atoms with Crippen LogP contribution in [0.3, 0.4) is 0 Å². The molecule has 1 aromatic heterocycles. The lowest BCUT2D eigenvalue weighted by Gasteiger charge is -2.26. The molecule has 2 aromatic carbocycles. The van der Waals surface area contributed by atoms with Crippen LogP contribution < -0.4 is 5.56 Å². The molecule has 31 heavy (non-hydrogen) atoms. The van der Waals surface area contributed by atoms with E-state index in [0.717, 1.165) is 0 Å². The molecule has 4 rings (SSSR count). The largest absolute Gasteiger partial charge is 0.379 e. The molecular formula is C21H18N4O5S. The Balaban J connectivity index is 1.63. The van der Waals surface area contributed by atoms with Crippen LogP contribution in [0.4, 0.5) is 0 Å². The zero-order valence-corrected chi connectivity index (χ0v) is 17.1. The highest BCUT2D eigenvalue weighted by Gasteiger charge is 2.28. The van der Waals surface area contributed by atoms with Gasteiger partial charge in [0.15, 0.2) is 11.7 Å². The van der Waals surface area contributed by atoms with Gasteiger partial charge in [0.1, 0.15) is 5.82 Å². The minimum atomic E-state index is -3.70. The third-order valence-corrected chi connectivity index (χ3v) is 6.96. The second-order valence-corrected chi connectivity index (χ2v) is 8.87. The number of ketones is 1. The first-order valence-electron chi connectivity index (χ1n) is 9.52. The minimum Gasteiger partial charge on any atom is -0.379 e. The van der Waals surface area contributed by atoms with Gasteiger partial charge in [-0.3, -0.25) is 9.59 Å². The Morgan fingerprint density at radius 2 is 1.81 bits per heavy atom. The van der Waals surface area contributed by atoms with Crippen LogP contribution in [0, 0.1) is 11.3 Å². The molecule has 0 spiro atoms. The summed E-state index contributed by atoms with van der Waals surface area (Å²) in [6.45, 7) is 1.19. The maximum absolute atomic E-state index is 12.9. The van der Waals surface area contributed by atoms with Gasteiger partial charge in [0.2, 0.25) is 10.0 Å². The number of morpholine rings is 1. The van der Waals surface area contributed by atoms with E-state index in [9.17, 15) is 23.3 Å². The van der Waals surface area contributed by atoms with Crippen LogP contribution in [0.1, 0.15) is 22.1 Å². The van der Waals surface area contributed by atoms with Gasteiger partial charge in [-0.05, 0) is 24.3 Å². The molecule has 1 aliphatic heterocycles. The summed E-state index contributed by atoms with van der Waals surface area (Å²) in [5.41, 5.74) is 0.0742. The zero-order valence-electron chi connectivity index (χ0n) is 16.3. The Bertz CT molecular complexity index is 1340. The van der Waals surface area contributed by atoms with Gasteiger partial charge >= 0.3 is 0 Å². The molecule has 1 aliphatic rings. The Hall–Kier alpha value is -3.39. The summed E-state index contributed by atoms with van der Waals surface area (Å²) in [6, 6.07) is 13.9. The molecule has 1 saturated heterocycles. The summed E-state index contributed by atoms with van der Waals surface area (Å²) >= 11 is 0. The molecular weight excluding hydrogens is 420 g/mol. The fraction of sp³-hybridized carbons (Fsp3) is 0.238. The first-order valence-corrected chi connectivity index (χ1v) is 11.0. The van der Waals surface area contributed by atoms with Crippen molar-refractivity contribution >= 4 is 26.7 Å². The van der Waals surface area contributed by atoms with Crippen LogP contribution in [-0.2, 0) is 14.8 Å². The molecule has 0 unspecified atom stereocenters. The van der Waals surface area contributed by atoms with Gasteiger partial charge in [-0.25, -0.2) is 13.4 Å². The van der Waals surface area contributed by atoms with Crippen molar-refractivity contribution in [1.82, 2.24) is 14.3 Å². The number of ether oxygens (including phenoxy) is 1. The summed E-state index contributed by atoms with van der Waals surface area (Å²) in [4.78, 5) is 32.0.